The molecule has 0 radical (unpaired) electrons. The van der Waals surface area contributed by atoms with Crippen LogP contribution >= 0.6 is 11.3 Å². The minimum atomic E-state index is -1.35. The molecule has 1 aliphatic rings. The molecule has 3 aromatic rings. The topological polar surface area (TPSA) is 45.6 Å². The summed E-state index contributed by atoms with van der Waals surface area (Å²) in [7, 11) is 1.55. The van der Waals surface area contributed by atoms with Gasteiger partial charge in [-0.1, -0.05) is 17.9 Å². The number of methoxy groups -OCH3 is 1. The van der Waals surface area contributed by atoms with Crippen LogP contribution in [0.4, 0.5) is 8.78 Å². The van der Waals surface area contributed by atoms with E-state index in [4.69, 9.17) is 4.74 Å². The lowest BCUT2D eigenvalue weighted by atomic mass is 9.74. The van der Waals surface area contributed by atoms with E-state index in [0.29, 0.717) is 35.2 Å². The molecule has 1 atom stereocenters. The number of aliphatic hydroxyl groups is 1. The Morgan fingerprint density at radius 2 is 2.12 bits per heavy atom. The number of likely N-dealkylation sites (tertiary alicyclic amines) is 1. The standard InChI is InChI=1S/C27H30F2N2O2S/c1-33-21-6-7-25-23(16-21)26(20(17-28)18-30-25)24(29)8-9-27(19-32)10-13-31(14-11-27)12-2-4-22-5-3-15-34-22/h3,5-7,15-16,18,24,32H,8-14,17,19H2,1H3/t24-/m1/s1. The van der Waals surface area contributed by atoms with Gasteiger partial charge in [0.25, 0.3) is 0 Å². The molecule has 1 aliphatic heterocycles. The van der Waals surface area contributed by atoms with E-state index in [9.17, 15) is 9.50 Å². The number of aliphatic hydroxyl groups excluding tert-OH is 1. The van der Waals surface area contributed by atoms with Gasteiger partial charge in [-0.05, 0) is 73.8 Å². The number of nitrogens with zero attached hydrogens (tertiary/aromatic N) is 2. The fraction of sp³-hybridized carbons (Fsp3) is 0.444. The predicted molar refractivity (Wildman–Crippen MR) is 133 cm³/mol. The number of thiophene rings is 1. The Morgan fingerprint density at radius 1 is 1.29 bits per heavy atom. The molecule has 34 heavy (non-hydrogen) atoms. The first-order valence-corrected chi connectivity index (χ1v) is 12.5. The van der Waals surface area contributed by atoms with Crippen molar-refractivity contribution in [2.24, 2.45) is 5.41 Å². The molecule has 1 fully saturated rings. The number of hydrogen-bond donors (Lipinski definition) is 1. The molecule has 0 bridgehead atoms. The van der Waals surface area contributed by atoms with E-state index < -0.39 is 12.8 Å². The Hall–Kier alpha value is -2.53. The van der Waals surface area contributed by atoms with Gasteiger partial charge in [-0.15, -0.1) is 11.3 Å². The number of ether oxygens (including phenoxy) is 1. The largest absolute Gasteiger partial charge is 0.497 e. The van der Waals surface area contributed by atoms with Crippen LogP contribution in [-0.2, 0) is 6.67 Å². The van der Waals surface area contributed by atoms with Crippen LogP contribution in [0.15, 0.2) is 41.9 Å². The fourth-order valence-electron chi connectivity index (χ4n) is 4.67. The highest BCUT2D eigenvalue weighted by Crippen LogP contribution is 2.41. The second-order valence-corrected chi connectivity index (χ2v) is 9.88. The zero-order chi connectivity index (χ0) is 24.0. The van der Waals surface area contributed by atoms with Gasteiger partial charge < -0.3 is 9.84 Å². The number of fused-ring (bicyclic) bond motifs is 1. The summed E-state index contributed by atoms with van der Waals surface area (Å²) in [5, 5.41) is 12.8. The van der Waals surface area contributed by atoms with E-state index in [1.807, 2.05) is 17.5 Å². The van der Waals surface area contributed by atoms with E-state index in [2.05, 4.69) is 21.7 Å². The second kappa shape index (κ2) is 11.3. The number of hydrogen-bond acceptors (Lipinski definition) is 5. The summed E-state index contributed by atoms with van der Waals surface area (Å²) in [5.74, 6) is 6.99. The summed E-state index contributed by atoms with van der Waals surface area (Å²) in [6.07, 6.45) is 2.42. The maximum Gasteiger partial charge on any atom is 0.126 e. The van der Waals surface area contributed by atoms with Crippen molar-refractivity contribution < 1.29 is 18.6 Å². The van der Waals surface area contributed by atoms with Crippen LogP contribution in [0, 0.1) is 17.3 Å². The number of aromatic nitrogens is 1. The maximum atomic E-state index is 15.6. The molecule has 0 saturated carbocycles. The first-order chi connectivity index (χ1) is 16.6. The number of benzene rings is 1. The monoisotopic (exact) mass is 484 g/mol. The highest BCUT2D eigenvalue weighted by molar-refractivity contribution is 7.10. The summed E-state index contributed by atoms with van der Waals surface area (Å²) in [6.45, 7) is 1.58. The molecule has 7 heteroatoms. The van der Waals surface area contributed by atoms with Gasteiger partial charge in [0.15, 0.2) is 0 Å². The first kappa shape index (κ1) is 24.6. The molecule has 3 heterocycles. The van der Waals surface area contributed by atoms with Crippen LogP contribution in [0.1, 0.15) is 47.9 Å². The van der Waals surface area contributed by atoms with Gasteiger partial charge >= 0.3 is 0 Å². The van der Waals surface area contributed by atoms with Crippen molar-refractivity contribution in [1.82, 2.24) is 9.88 Å². The molecule has 1 N–H and O–H groups in total. The van der Waals surface area contributed by atoms with Crippen molar-refractivity contribution >= 4 is 22.2 Å². The molecule has 0 unspecified atom stereocenters. The van der Waals surface area contributed by atoms with Gasteiger partial charge in [-0.3, -0.25) is 9.88 Å². The van der Waals surface area contributed by atoms with Crippen molar-refractivity contribution in [3.63, 3.8) is 0 Å². The average Bonchev–Trinajstić information content (AvgIpc) is 3.40. The number of piperidine rings is 1. The van der Waals surface area contributed by atoms with Gasteiger partial charge in [0.1, 0.15) is 18.6 Å². The highest BCUT2D eigenvalue weighted by atomic mass is 32.1. The SMILES string of the molecule is COc1ccc2ncc(CF)c([C@H](F)CCC3(CO)CCN(CC#Cc4cccs4)CC3)c2c1. The summed E-state index contributed by atoms with van der Waals surface area (Å²) in [5.41, 5.74) is 0.911. The van der Waals surface area contributed by atoms with E-state index >= 15 is 4.39 Å². The molecule has 4 rings (SSSR count). The maximum absolute atomic E-state index is 15.6. The summed E-state index contributed by atoms with van der Waals surface area (Å²) in [6, 6.07) is 9.25. The first-order valence-electron chi connectivity index (χ1n) is 11.6. The predicted octanol–water partition coefficient (Wildman–Crippen LogP) is 5.69. The van der Waals surface area contributed by atoms with Crippen molar-refractivity contribution in [3.05, 3.63) is 57.9 Å². The third-order valence-corrected chi connectivity index (χ3v) is 7.66. The zero-order valence-corrected chi connectivity index (χ0v) is 20.2. The smallest absolute Gasteiger partial charge is 0.126 e. The number of pyridine rings is 1. The summed E-state index contributed by atoms with van der Waals surface area (Å²) < 4.78 is 34.7. The molecule has 1 saturated heterocycles. The van der Waals surface area contributed by atoms with Gasteiger partial charge in [0, 0.05) is 29.3 Å². The normalized spacial score (nSPS) is 16.7. The van der Waals surface area contributed by atoms with Gasteiger partial charge in [-0.2, -0.15) is 0 Å². The van der Waals surface area contributed by atoms with Crippen LogP contribution < -0.4 is 4.74 Å². The van der Waals surface area contributed by atoms with Gasteiger partial charge in [-0.25, -0.2) is 8.78 Å². The van der Waals surface area contributed by atoms with Crippen LogP contribution in [0.5, 0.6) is 5.75 Å². The van der Waals surface area contributed by atoms with Crippen molar-refractivity contribution in [1.29, 1.82) is 0 Å². The zero-order valence-electron chi connectivity index (χ0n) is 19.4. The lowest BCUT2D eigenvalue weighted by Gasteiger charge is -2.40. The molecule has 1 aromatic carbocycles. The molecule has 4 nitrogen and oxygen atoms in total. The lowest BCUT2D eigenvalue weighted by molar-refractivity contribution is 0.0344. The molecular formula is C27H30F2N2O2S. The number of alkyl halides is 2. The second-order valence-electron chi connectivity index (χ2n) is 8.93. The minimum absolute atomic E-state index is 0.0231. The molecule has 0 aliphatic carbocycles. The van der Waals surface area contributed by atoms with E-state index in [1.165, 1.54) is 6.20 Å². The van der Waals surface area contributed by atoms with Crippen LogP contribution in [0.25, 0.3) is 10.9 Å². The Labute approximate surface area is 203 Å². The Morgan fingerprint density at radius 3 is 2.79 bits per heavy atom. The number of halogens is 2. The van der Waals surface area contributed by atoms with Crippen LogP contribution in [0.2, 0.25) is 0 Å². The van der Waals surface area contributed by atoms with Crippen LogP contribution in [0.3, 0.4) is 0 Å². The molecule has 180 valence electrons. The summed E-state index contributed by atoms with van der Waals surface area (Å²) in [4.78, 5) is 7.62. The Balaban J connectivity index is 1.42. The van der Waals surface area contributed by atoms with Crippen molar-refractivity contribution in [3.8, 4) is 17.6 Å². The minimum Gasteiger partial charge on any atom is -0.497 e. The molecular weight excluding hydrogens is 454 g/mol. The van der Waals surface area contributed by atoms with Crippen molar-refractivity contribution in [2.75, 3.05) is 33.4 Å². The third-order valence-electron chi connectivity index (χ3n) is 6.87. The van der Waals surface area contributed by atoms with E-state index in [-0.39, 0.29) is 24.0 Å². The highest BCUT2D eigenvalue weighted by Gasteiger charge is 2.35. The fourth-order valence-corrected chi connectivity index (χ4v) is 5.27. The quantitative estimate of drug-likeness (QED) is 0.417. The Bertz CT molecular complexity index is 1140. The van der Waals surface area contributed by atoms with Crippen LogP contribution in [-0.4, -0.2) is 48.3 Å². The average molecular weight is 485 g/mol. The molecule has 0 spiro atoms. The van der Waals surface area contributed by atoms with Crippen molar-refractivity contribution in [2.45, 2.75) is 38.5 Å². The lowest BCUT2D eigenvalue weighted by Crippen LogP contribution is -2.42. The van der Waals surface area contributed by atoms with Gasteiger partial charge in [0.2, 0.25) is 0 Å². The molecule has 2 aromatic heterocycles. The van der Waals surface area contributed by atoms with E-state index in [0.717, 1.165) is 30.8 Å². The third kappa shape index (κ3) is 5.57. The summed E-state index contributed by atoms with van der Waals surface area (Å²) >= 11 is 1.63. The number of rotatable bonds is 8. The van der Waals surface area contributed by atoms with E-state index in [1.54, 1.807) is 36.6 Å². The Kier molecular flexibility index (Phi) is 8.15. The molecule has 0 amide bonds. The van der Waals surface area contributed by atoms with Gasteiger partial charge in [0.05, 0.1) is 24.0 Å².